The van der Waals surface area contributed by atoms with Gasteiger partial charge in [-0.1, -0.05) is 19.1 Å². The molecule has 124 valence electrons. The molecule has 2 rings (SSSR count). The molecule has 2 heterocycles. The molecule has 2 amide bonds. The lowest BCUT2D eigenvalue weighted by Crippen LogP contribution is -2.48. The monoisotopic (exact) mass is 333 g/mol. The number of amides is 2. The lowest BCUT2D eigenvalue weighted by Gasteiger charge is -2.25. The van der Waals surface area contributed by atoms with Crippen LogP contribution in [0.5, 0.6) is 0 Å². The predicted molar refractivity (Wildman–Crippen MR) is 92.8 cm³/mol. The van der Waals surface area contributed by atoms with Gasteiger partial charge in [-0.05, 0) is 31.9 Å². The number of nitrogens with zero attached hydrogens (tertiary/aromatic N) is 2. The summed E-state index contributed by atoms with van der Waals surface area (Å²) in [6, 6.07) is 3.23. The van der Waals surface area contributed by atoms with Gasteiger partial charge in [-0.15, -0.1) is 11.8 Å². The van der Waals surface area contributed by atoms with Crippen LogP contribution in [0, 0.1) is 0 Å². The van der Waals surface area contributed by atoms with Gasteiger partial charge in [0.25, 0.3) is 5.91 Å². The van der Waals surface area contributed by atoms with E-state index < -0.39 is 6.04 Å². The summed E-state index contributed by atoms with van der Waals surface area (Å²) in [5.41, 5.74) is 1.65. The maximum Gasteiger partial charge on any atom is 0.250 e. The van der Waals surface area contributed by atoms with Crippen LogP contribution in [0.1, 0.15) is 38.8 Å². The van der Waals surface area contributed by atoms with Crippen molar-refractivity contribution in [3.05, 3.63) is 41.7 Å². The van der Waals surface area contributed by atoms with E-state index in [-0.39, 0.29) is 17.9 Å². The highest BCUT2D eigenvalue weighted by molar-refractivity contribution is 7.99. The Balaban J connectivity index is 2.03. The summed E-state index contributed by atoms with van der Waals surface area (Å²) in [6.07, 6.45) is 6.16. The maximum absolute atomic E-state index is 12.6. The van der Waals surface area contributed by atoms with Gasteiger partial charge < -0.3 is 10.2 Å². The van der Waals surface area contributed by atoms with Crippen LogP contribution in [0.15, 0.2) is 36.2 Å². The van der Waals surface area contributed by atoms with E-state index >= 15 is 0 Å². The molecule has 0 bridgehead atoms. The van der Waals surface area contributed by atoms with Crippen molar-refractivity contribution in [1.29, 1.82) is 0 Å². The van der Waals surface area contributed by atoms with Crippen LogP contribution in [-0.2, 0) is 9.59 Å². The Bertz CT molecular complexity index is 589. The number of pyridine rings is 1. The third-order valence-electron chi connectivity index (χ3n) is 3.84. The molecule has 0 spiro atoms. The summed E-state index contributed by atoms with van der Waals surface area (Å²) in [6.45, 7) is 5.72. The first kappa shape index (κ1) is 17.5. The Hall–Kier alpha value is -1.82. The zero-order chi connectivity index (χ0) is 16.8. The smallest absolute Gasteiger partial charge is 0.250 e. The van der Waals surface area contributed by atoms with Crippen molar-refractivity contribution in [3.63, 3.8) is 0 Å². The number of hydrogen-bond acceptors (Lipinski definition) is 4. The molecule has 23 heavy (non-hydrogen) atoms. The number of rotatable bonds is 5. The van der Waals surface area contributed by atoms with E-state index in [0.717, 1.165) is 12.0 Å². The lowest BCUT2D eigenvalue weighted by atomic mass is 10.1. The maximum atomic E-state index is 12.6. The molecule has 0 radical (unpaired) electrons. The number of carbonyl (C=O) groups is 2. The van der Waals surface area contributed by atoms with E-state index in [1.807, 2.05) is 39.0 Å². The number of nitrogens with one attached hydrogen (secondary N) is 1. The van der Waals surface area contributed by atoms with E-state index in [1.54, 1.807) is 29.1 Å². The highest BCUT2D eigenvalue weighted by Crippen LogP contribution is 2.24. The van der Waals surface area contributed by atoms with E-state index in [4.69, 9.17) is 0 Å². The third-order valence-corrected chi connectivity index (χ3v) is 4.85. The number of carbonyl (C=O) groups excluding carboxylic acids is 2. The van der Waals surface area contributed by atoms with E-state index in [0.29, 0.717) is 17.2 Å². The summed E-state index contributed by atoms with van der Waals surface area (Å²) in [5.74, 6) is 1.04. The van der Waals surface area contributed by atoms with E-state index in [9.17, 15) is 9.59 Å². The number of hydrogen-bond donors (Lipinski definition) is 1. The second kappa shape index (κ2) is 8.15. The van der Waals surface area contributed by atoms with Crippen LogP contribution in [-0.4, -0.2) is 39.4 Å². The molecule has 0 saturated carbocycles. The molecule has 1 N–H and O–H groups in total. The van der Waals surface area contributed by atoms with Gasteiger partial charge >= 0.3 is 0 Å². The molecular formula is C17H23N3O2S. The van der Waals surface area contributed by atoms with Crippen molar-refractivity contribution in [2.24, 2.45) is 0 Å². The average molecular weight is 333 g/mol. The second-order valence-corrected chi connectivity index (χ2v) is 6.60. The Morgan fingerprint density at radius 2 is 2.35 bits per heavy atom. The first-order valence-corrected chi connectivity index (χ1v) is 8.95. The Morgan fingerprint density at radius 1 is 1.57 bits per heavy atom. The molecule has 2 atom stereocenters. The van der Waals surface area contributed by atoms with Gasteiger partial charge in [0.1, 0.15) is 6.04 Å². The summed E-state index contributed by atoms with van der Waals surface area (Å²) in [4.78, 5) is 30.8. The van der Waals surface area contributed by atoms with Gasteiger partial charge in [-0.2, -0.15) is 0 Å². The van der Waals surface area contributed by atoms with Gasteiger partial charge in [-0.25, -0.2) is 0 Å². The summed E-state index contributed by atoms with van der Waals surface area (Å²) >= 11 is 1.61. The minimum atomic E-state index is -0.410. The molecular weight excluding hydrogens is 310 g/mol. The molecule has 0 aliphatic carbocycles. The van der Waals surface area contributed by atoms with Gasteiger partial charge in [0.2, 0.25) is 5.91 Å². The molecule has 6 heteroatoms. The lowest BCUT2D eigenvalue weighted by molar-refractivity contribution is -0.135. The SMILES string of the molecule is CC/C=C(/C)C(=O)N1CSC[C@@H]1C(=O)N[C@H](C)c1cccnc1. The largest absolute Gasteiger partial charge is 0.348 e. The van der Waals surface area contributed by atoms with Crippen LogP contribution in [0.3, 0.4) is 0 Å². The van der Waals surface area contributed by atoms with Crippen molar-refractivity contribution in [2.75, 3.05) is 11.6 Å². The fraction of sp³-hybridized carbons (Fsp3) is 0.471. The van der Waals surface area contributed by atoms with Crippen LogP contribution >= 0.6 is 11.8 Å². The highest BCUT2D eigenvalue weighted by atomic mass is 32.2. The first-order chi connectivity index (χ1) is 11.0. The van der Waals surface area contributed by atoms with Crippen LogP contribution < -0.4 is 5.32 Å². The Morgan fingerprint density at radius 3 is 3.00 bits per heavy atom. The van der Waals surface area contributed by atoms with Crippen LogP contribution in [0.25, 0.3) is 0 Å². The molecule has 1 aliphatic rings. The summed E-state index contributed by atoms with van der Waals surface area (Å²) in [5, 5.41) is 2.99. The highest BCUT2D eigenvalue weighted by Gasteiger charge is 2.35. The summed E-state index contributed by atoms with van der Waals surface area (Å²) < 4.78 is 0. The van der Waals surface area contributed by atoms with E-state index in [1.165, 1.54) is 0 Å². The normalized spacial score (nSPS) is 19.5. The molecule has 1 aromatic heterocycles. The van der Waals surface area contributed by atoms with Crippen molar-refractivity contribution in [1.82, 2.24) is 15.2 Å². The van der Waals surface area contributed by atoms with Gasteiger partial charge in [0.05, 0.1) is 11.9 Å². The quantitative estimate of drug-likeness (QED) is 0.841. The Kier molecular flexibility index (Phi) is 6.21. The Labute approximate surface area is 141 Å². The zero-order valence-corrected chi connectivity index (χ0v) is 14.6. The van der Waals surface area contributed by atoms with Gasteiger partial charge in [-0.3, -0.25) is 14.6 Å². The van der Waals surface area contributed by atoms with Crippen molar-refractivity contribution in [3.8, 4) is 0 Å². The molecule has 1 saturated heterocycles. The second-order valence-electron chi connectivity index (χ2n) is 5.60. The fourth-order valence-corrected chi connectivity index (χ4v) is 3.66. The zero-order valence-electron chi connectivity index (χ0n) is 13.8. The molecule has 0 unspecified atom stereocenters. The fourth-order valence-electron chi connectivity index (χ4n) is 2.51. The minimum absolute atomic E-state index is 0.0500. The topological polar surface area (TPSA) is 62.3 Å². The third kappa shape index (κ3) is 4.34. The number of thioether (sulfide) groups is 1. The number of allylic oxidation sites excluding steroid dienone is 1. The van der Waals surface area contributed by atoms with Gasteiger partial charge in [0.15, 0.2) is 0 Å². The number of aromatic nitrogens is 1. The van der Waals surface area contributed by atoms with E-state index in [2.05, 4.69) is 10.3 Å². The molecule has 1 aromatic rings. The molecule has 1 aliphatic heterocycles. The van der Waals surface area contributed by atoms with Crippen molar-refractivity contribution >= 4 is 23.6 Å². The molecule has 1 fully saturated rings. The van der Waals surface area contributed by atoms with Crippen molar-refractivity contribution in [2.45, 2.75) is 39.3 Å². The van der Waals surface area contributed by atoms with Crippen LogP contribution in [0.4, 0.5) is 0 Å². The molecule has 5 nitrogen and oxygen atoms in total. The predicted octanol–water partition coefficient (Wildman–Crippen LogP) is 2.52. The minimum Gasteiger partial charge on any atom is -0.348 e. The van der Waals surface area contributed by atoms with Crippen LogP contribution in [0.2, 0.25) is 0 Å². The van der Waals surface area contributed by atoms with Gasteiger partial charge in [0, 0.05) is 23.7 Å². The molecule has 0 aromatic carbocycles. The van der Waals surface area contributed by atoms with Crippen molar-refractivity contribution < 1.29 is 9.59 Å². The standard InChI is InChI=1S/C17H23N3O2S/c1-4-6-12(2)17(22)20-11-23-10-15(20)16(21)19-13(3)14-7-5-8-18-9-14/h5-9,13,15H,4,10-11H2,1-3H3,(H,19,21)/b12-6-/t13-,15-/m1/s1. The summed E-state index contributed by atoms with van der Waals surface area (Å²) in [7, 11) is 0. The average Bonchev–Trinajstić information content (AvgIpc) is 3.04. The first-order valence-electron chi connectivity index (χ1n) is 7.80.